The van der Waals surface area contributed by atoms with Gasteiger partial charge in [0, 0.05) is 20.2 Å². The van der Waals surface area contributed by atoms with Crippen LogP contribution in [0.2, 0.25) is 0 Å². The first-order valence-corrected chi connectivity index (χ1v) is 6.25. The Balaban J connectivity index is 2.41. The highest BCUT2D eigenvalue weighted by Gasteiger charge is 2.05. The summed E-state index contributed by atoms with van der Waals surface area (Å²) < 4.78 is 10.7. The van der Waals surface area contributed by atoms with Gasteiger partial charge >= 0.3 is 0 Å². The number of methoxy groups -OCH3 is 1. The van der Waals surface area contributed by atoms with Gasteiger partial charge in [0.1, 0.15) is 17.3 Å². The molecule has 0 unspecified atom stereocenters. The van der Waals surface area contributed by atoms with Crippen LogP contribution in [0, 0.1) is 0 Å². The molecule has 0 aliphatic heterocycles. The molecule has 0 aliphatic carbocycles. The summed E-state index contributed by atoms with van der Waals surface area (Å²) in [6, 6.07) is 7.55. The van der Waals surface area contributed by atoms with Crippen LogP contribution in [-0.2, 0) is 4.74 Å². The van der Waals surface area contributed by atoms with Crippen LogP contribution in [0.1, 0.15) is 5.56 Å². The number of ether oxygens (including phenoxy) is 2. The highest BCUT2D eigenvalue weighted by Crippen LogP contribution is 2.17. The second-order valence-corrected chi connectivity index (χ2v) is 4.44. The van der Waals surface area contributed by atoms with Gasteiger partial charge < -0.3 is 20.1 Å². The average molecular weight is 268 g/mol. The summed E-state index contributed by atoms with van der Waals surface area (Å²) in [5.41, 5.74) is 6.42. The zero-order valence-electron chi connectivity index (χ0n) is 10.9. The van der Waals surface area contributed by atoms with Crippen molar-refractivity contribution >= 4 is 17.2 Å². The molecule has 0 fully saturated rings. The Morgan fingerprint density at radius 3 is 2.61 bits per heavy atom. The lowest BCUT2D eigenvalue weighted by molar-refractivity contribution is 0.150. The number of benzene rings is 1. The third-order valence-electron chi connectivity index (χ3n) is 2.56. The molecule has 1 aromatic rings. The molecule has 0 amide bonds. The predicted octanol–water partition coefficient (Wildman–Crippen LogP) is 1.28. The fraction of sp³-hybridized carbons (Fsp3) is 0.462. The van der Waals surface area contributed by atoms with Crippen LogP contribution in [0.3, 0.4) is 0 Å². The number of hydrogen-bond donors (Lipinski definition) is 1. The van der Waals surface area contributed by atoms with Gasteiger partial charge in [0.15, 0.2) is 0 Å². The number of nitrogens with zero attached hydrogens (tertiary/aromatic N) is 1. The quantitative estimate of drug-likeness (QED) is 0.720. The molecule has 2 N–H and O–H groups in total. The highest BCUT2D eigenvalue weighted by molar-refractivity contribution is 7.80. The van der Waals surface area contributed by atoms with Gasteiger partial charge in [-0.15, -0.1) is 0 Å². The van der Waals surface area contributed by atoms with Gasteiger partial charge in [0.05, 0.1) is 12.2 Å². The van der Waals surface area contributed by atoms with Crippen molar-refractivity contribution in [3.05, 3.63) is 29.8 Å². The molecule has 0 aromatic heterocycles. The fourth-order valence-electron chi connectivity index (χ4n) is 1.47. The molecular formula is C13H20N2O2S. The zero-order chi connectivity index (χ0) is 13.4. The number of thiocarbonyl (C=S) groups is 1. The predicted molar refractivity (Wildman–Crippen MR) is 77.2 cm³/mol. The van der Waals surface area contributed by atoms with Crippen molar-refractivity contribution in [1.82, 2.24) is 4.90 Å². The summed E-state index contributed by atoms with van der Waals surface area (Å²) in [4.78, 5) is 2.51. The third-order valence-corrected chi connectivity index (χ3v) is 2.78. The Labute approximate surface area is 114 Å². The van der Waals surface area contributed by atoms with E-state index in [9.17, 15) is 0 Å². The molecule has 0 atom stereocenters. The SMILES string of the molecule is COCCN(C)CCOc1ccccc1C(N)=S. The minimum absolute atomic E-state index is 0.360. The van der Waals surface area contributed by atoms with Crippen LogP contribution in [-0.4, -0.2) is 50.3 Å². The lowest BCUT2D eigenvalue weighted by Gasteiger charge is -2.17. The normalized spacial score (nSPS) is 10.6. The van der Waals surface area contributed by atoms with E-state index in [4.69, 9.17) is 27.4 Å². The van der Waals surface area contributed by atoms with Crippen molar-refractivity contribution in [2.75, 3.05) is 40.5 Å². The topological polar surface area (TPSA) is 47.7 Å². The molecule has 1 rings (SSSR count). The highest BCUT2D eigenvalue weighted by atomic mass is 32.1. The average Bonchev–Trinajstić information content (AvgIpc) is 2.36. The number of rotatable bonds is 8. The largest absolute Gasteiger partial charge is 0.492 e. The van der Waals surface area contributed by atoms with Crippen molar-refractivity contribution in [3.63, 3.8) is 0 Å². The van der Waals surface area contributed by atoms with E-state index in [2.05, 4.69) is 4.90 Å². The lowest BCUT2D eigenvalue weighted by atomic mass is 10.2. The van der Waals surface area contributed by atoms with Crippen LogP contribution < -0.4 is 10.5 Å². The Morgan fingerprint density at radius 2 is 1.94 bits per heavy atom. The summed E-state index contributed by atoms with van der Waals surface area (Å²) in [5.74, 6) is 0.741. The van der Waals surface area contributed by atoms with Crippen LogP contribution in [0.5, 0.6) is 5.75 Å². The van der Waals surface area contributed by atoms with Crippen LogP contribution in [0.15, 0.2) is 24.3 Å². The van der Waals surface area contributed by atoms with E-state index in [-0.39, 0.29) is 0 Å². The molecule has 4 nitrogen and oxygen atoms in total. The number of likely N-dealkylation sites (N-methyl/N-ethyl adjacent to an activating group) is 1. The monoisotopic (exact) mass is 268 g/mol. The van der Waals surface area contributed by atoms with Crippen LogP contribution >= 0.6 is 12.2 Å². The first kappa shape index (κ1) is 14.9. The second kappa shape index (κ2) is 8.02. The zero-order valence-corrected chi connectivity index (χ0v) is 11.7. The van der Waals surface area contributed by atoms with E-state index in [1.54, 1.807) is 7.11 Å². The number of nitrogens with two attached hydrogens (primary N) is 1. The first-order valence-electron chi connectivity index (χ1n) is 5.84. The van der Waals surface area contributed by atoms with E-state index < -0.39 is 0 Å². The van der Waals surface area contributed by atoms with Gasteiger partial charge in [-0.05, 0) is 19.2 Å². The summed E-state index contributed by atoms with van der Waals surface area (Å²) in [6.45, 7) is 3.03. The molecule has 0 spiro atoms. The van der Waals surface area contributed by atoms with E-state index in [0.717, 1.165) is 31.0 Å². The number of hydrogen-bond acceptors (Lipinski definition) is 4. The fourth-order valence-corrected chi connectivity index (χ4v) is 1.64. The summed E-state index contributed by atoms with van der Waals surface area (Å²) in [5, 5.41) is 0. The van der Waals surface area contributed by atoms with E-state index in [1.165, 1.54) is 0 Å². The second-order valence-electron chi connectivity index (χ2n) is 4.00. The van der Waals surface area contributed by atoms with Gasteiger partial charge in [-0.25, -0.2) is 0 Å². The maximum absolute atomic E-state index is 5.70. The Bertz CT molecular complexity index is 385. The first-order chi connectivity index (χ1) is 8.65. The minimum Gasteiger partial charge on any atom is -0.492 e. The molecule has 0 aliphatic rings. The molecule has 100 valence electrons. The van der Waals surface area contributed by atoms with Crippen molar-refractivity contribution in [3.8, 4) is 5.75 Å². The molecule has 18 heavy (non-hydrogen) atoms. The van der Waals surface area contributed by atoms with E-state index in [1.807, 2.05) is 31.3 Å². The Morgan fingerprint density at radius 1 is 1.28 bits per heavy atom. The van der Waals surface area contributed by atoms with Gasteiger partial charge in [-0.2, -0.15) is 0 Å². The summed E-state index contributed by atoms with van der Waals surface area (Å²) in [6.07, 6.45) is 0. The summed E-state index contributed by atoms with van der Waals surface area (Å²) in [7, 11) is 3.73. The molecule has 0 saturated carbocycles. The van der Waals surface area contributed by atoms with Gasteiger partial charge in [-0.3, -0.25) is 0 Å². The maximum atomic E-state index is 5.70. The minimum atomic E-state index is 0.360. The van der Waals surface area contributed by atoms with E-state index in [0.29, 0.717) is 11.6 Å². The summed E-state index contributed by atoms with van der Waals surface area (Å²) >= 11 is 4.98. The molecule has 0 radical (unpaired) electrons. The van der Waals surface area contributed by atoms with Crippen molar-refractivity contribution in [2.45, 2.75) is 0 Å². The maximum Gasteiger partial charge on any atom is 0.129 e. The standard InChI is InChI=1S/C13H20N2O2S/c1-15(7-9-16-2)8-10-17-12-6-4-3-5-11(12)13(14)18/h3-6H,7-10H2,1-2H3,(H2,14,18). The van der Waals surface area contributed by atoms with Gasteiger partial charge in [-0.1, -0.05) is 24.4 Å². The van der Waals surface area contributed by atoms with Crippen molar-refractivity contribution in [1.29, 1.82) is 0 Å². The molecular weight excluding hydrogens is 248 g/mol. The molecule has 1 aromatic carbocycles. The van der Waals surface area contributed by atoms with Gasteiger partial charge in [0.25, 0.3) is 0 Å². The van der Waals surface area contributed by atoms with Gasteiger partial charge in [0.2, 0.25) is 0 Å². The van der Waals surface area contributed by atoms with E-state index >= 15 is 0 Å². The lowest BCUT2D eigenvalue weighted by Crippen LogP contribution is -2.27. The molecule has 0 heterocycles. The smallest absolute Gasteiger partial charge is 0.129 e. The van der Waals surface area contributed by atoms with Crippen LogP contribution in [0.25, 0.3) is 0 Å². The van der Waals surface area contributed by atoms with Crippen LogP contribution in [0.4, 0.5) is 0 Å². The third kappa shape index (κ3) is 5.00. The Kier molecular flexibility index (Phi) is 6.64. The molecule has 0 bridgehead atoms. The molecule has 0 saturated heterocycles. The number of para-hydroxylation sites is 1. The Hall–Kier alpha value is -1.17. The van der Waals surface area contributed by atoms with Crippen molar-refractivity contribution < 1.29 is 9.47 Å². The molecule has 5 heteroatoms. The van der Waals surface area contributed by atoms with Crippen molar-refractivity contribution in [2.24, 2.45) is 5.73 Å².